The van der Waals surface area contributed by atoms with E-state index < -0.39 is 0 Å². The molecule has 0 atom stereocenters. The van der Waals surface area contributed by atoms with Gasteiger partial charge >= 0.3 is 5.97 Å². The van der Waals surface area contributed by atoms with Crippen LogP contribution in [0.5, 0.6) is 0 Å². The fourth-order valence-corrected chi connectivity index (χ4v) is 1.90. The summed E-state index contributed by atoms with van der Waals surface area (Å²) in [5.74, 6) is 1.61. The highest BCUT2D eigenvalue weighted by molar-refractivity contribution is 5.89. The predicted octanol–water partition coefficient (Wildman–Crippen LogP) is 4.02. The van der Waals surface area contributed by atoms with Gasteiger partial charge in [0, 0.05) is 12.1 Å². The summed E-state index contributed by atoms with van der Waals surface area (Å²) in [6.45, 7) is 5.11. The van der Waals surface area contributed by atoms with E-state index in [9.17, 15) is 4.79 Å². The summed E-state index contributed by atoms with van der Waals surface area (Å²) in [7, 11) is 0. The fraction of sp³-hybridized carbons (Fsp3) is 0.353. The van der Waals surface area contributed by atoms with Gasteiger partial charge in [-0.15, -0.1) is 0 Å². The van der Waals surface area contributed by atoms with E-state index in [4.69, 9.17) is 9.15 Å². The zero-order valence-electron chi connectivity index (χ0n) is 12.5. The van der Waals surface area contributed by atoms with Crippen LogP contribution in [0.25, 0.3) is 0 Å². The lowest BCUT2D eigenvalue weighted by molar-refractivity contribution is 0.0505. The second-order valence-corrected chi connectivity index (χ2v) is 4.79. The summed E-state index contributed by atoms with van der Waals surface area (Å²) in [5.41, 5.74) is 1.51. The topological polar surface area (TPSA) is 51.5 Å². The molecule has 0 aliphatic carbocycles. The molecule has 1 heterocycles. The van der Waals surface area contributed by atoms with Crippen molar-refractivity contribution in [3.63, 3.8) is 0 Å². The van der Waals surface area contributed by atoms with Gasteiger partial charge in [0.15, 0.2) is 0 Å². The van der Waals surface area contributed by atoms with E-state index in [1.165, 1.54) is 0 Å². The number of carbonyl (C=O) groups excluding carboxylic acids is 1. The summed E-state index contributed by atoms with van der Waals surface area (Å²) in [6.07, 6.45) is 1.73. The van der Waals surface area contributed by atoms with Crippen molar-refractivity contribution in [1.82, 2.24) is 0 Å². The Labute approximate surface area is 125 Å². The van der Waals surface area contributed by atoms with Crippen LogP contribution in [0.1, 0.15) is 42.1 Å². The molecule has 1 aromatic heterocycles. The number of hydrogen-bond donors (Lipinski definition) is 1. The molecule has 0 aliphatic heterocycles. The largest absolute Gasteiger partial charge is 0.464 e. The van der Waals surface area contributed by atoms with Gasteiger partial charge in [-0.05, 0) is 42.8 Å². The second-order valence-electron chi connectivity index (χ2n) is 4.79. The first-order chi connectivity index (χ1) is 10.2. The van der Waals surface area contributed by atoms with E-state index in [1.807, 2.05) is 31.2 Å². The van der Waals surface area contributed by atoms with E-state index in [0.29, 0.717) is 18.7 Å². The summed E-state index contributed by atoms with van der Waals surface area (Å²) in [5, 5.41) is 3.26. The van der Waals surface area contributed by atoms with Crippen LogP contribution in [0.3, 0.4) is 0 Å². The number of ether oxygens (including phenoxy) is 1. The molecule has 1 N–H and O–H groups in total. The smallest absolute Gasteiger partial charge is 0.338 e. The van der Waals surface area contributed by atoms with Gasteiger partial charge in [0.2, 0.25) is 0 Å². The van der Waals surface area contributed by atoms with Crippen molar-refractivity contribution in [2.45, 2.75) is 33.2 Å². The van der Waals surface area contributed by atoms with Crippen LogP contribution in [-0.4, -0.2) is 12.6 Å². The molecule has 4 heteroatoms. The van der Waals surface area contributed by atoms with Gasteiger partial charge in [0.05, 0.1) is 18.7 Å². The van der Waals surface area contributed by atoms with Crippen LogP contribution >= 0.6 is 0 Å². The Morgan fingerprint density at radius 3 is 2.43 bits per heavy atom. The normalized spacial score (nSPS) is 10.4. The van der Waals surface area contributed by atoms with Gasteiger partial charge in [-0.3, -0.25) is 0 Å². The average molecular weight is 287 g/mol. The minimum absolute atomic E-state index is 0.276. The number of hydrogen-bond acceptors (Lipinski definition) is 4. The Balaban J connectivity index is 1.88. The van der Waals surface area contributed by atoms with E-state index in [-0.39, 0.29) is 5.97 Å². The first kappa shape index (κ1) is 15.2. The standard InChI is InChI=1S/C17H21NO3/c1-3-11-20-17(19)13-5-7-14(8-6-13)18-12-16-10-9-15(4-2)21-16/h5-10,18H,3-4,11-12H2,1-2H3. The molecule has 0 saturated carbocycles. The number of benzene rings is 1. The number of esters is 1. The molecule has 4 nitrogen and oxygen atoms in total. The van der Waals surface area contributed by atoms with Crippen molar-refractivity contribution in [3.05, 3.63) is 53.5 Å². The lowest BCUT2D eigenvalue weighted by Crippen LogP contribution is -2.06. The monoisotopic (exact) mass is 287 g/mol. The molecule has 2 rings (SSSR count). The fourth-order valence-electron chi connectivity index (χ4n) is 1.90. The Morgan fingerprint density at radius 2 is 1.81 bits per heavy atom. The average Bonchev–Trinajstić information content (AvgIpc) is 2.99. The van der Waals surface area contributed by atoms with Gasteiger partial charge in [0.25, 0.3) is 0 Å². The Kier molecular flexibility index (Phi) is 5.43. The number of furan rings is 1. The van der Waals surface area contributed by atoms with Crippen molar-refractivity contribution in [1.29, 1.82) is 0 Å². The molecule has 0 bridgehead atoms. The molecule has 2 aromatic rings. The Bertz CT molecular complexity index is 572. The molecule has 1 aromatic carbocycles. The van der Waals surface area contributed by atoms with Gasteiger partial charge in [-0.1, -0.05) is 13.8 Å². The SMILES string of the molecule is CCCOC(=O)c1ccc(NCc2ccc(CC)o2)cc1. The molecule has 0 unspecified atom stereocenters. The first-order valence-corrected chi connectivity index (χ1v) is 7.31. The highest BCUT2D eigenvalue weighted by Gasteiger charge is 2.06. The summed E-state index contributed by atoms with van der Waals surface area (Å²) in [4.78, 5) is 11.7. The number of nitrogens with one attached hydrogen (secondary N) is 1. The third-order valence-corrected chi connectivity index (χ3v) is 3.09. The van der Waals surface area contributed by atoms with E-state index in [2.05, 4.69) is 12.2 Å². The number of carbonyl (C=O) groups is 1. The van der Waals surface area contributed by atoms with Gasteiger partial charge in [-0.25, -0.2) is 4.79 Å². The third-order valence-electron chi connectivity index (χ3n) is 3.09. The molecule has 0 aliphatic rings. The van der Waals surface area contributed by atoms with Crippen LogP contribution in [0.15, 0.2) is 40.8 Å². The molecule has 0 fully saturated rings. The molecule has 0 radical (unpaired) electrons. The molecule has 112 valence electrons. The number of aryl methyl sites for hydroxylation is 1. The lowest BCUT2D eigenvalue weighted by Gasteiger charge is -2.06. The zero-order chi connectivity index (χ0) is 15.1. The highest BCUT2D eigenvalue weighted by Crippen LogP contribution is 2.14. The molecular formula is C17H21NO3. The third kappa shape index (κ3) is 4.38. The highest BCUT2D eigenvalue weighted by atomic mass is 16.5. The Morgan fingerprint density at radius 1 is 1.10 bits per heavy atom. The second kappa shape index (κ2) is 7.53. The summed E-state index contributed by atoms with van der Waals surface area (Å²) >= 11 is 0. The molecular weight excluding hydrogens is 266 g/mol. The molecule has 21 heavy (non-hydrogen) atoms. The van der Waals surface area contributed by atoms with Crippen molar-refractivity contribution < 1.29 is 13.9 Å². The molecule has 0 spiro atoms. The maximum Gasteiger partial charge on any atom is 0.338 e. The van der Waals surface area contributed by atoms with Crippen LogP contribution in [0.4, 0.5) is 5.69 Å². The first-order valence-electron chi connectivity index (χ1n) is 7.31. The van der Waals surface area contributed by atoms with Crippen molar-refractivity contribution in [3.8, 4) is 0 Å². The van der Waals surface area contributed by atoms with Gasteiger partial charge < -0.3 is 14.5 Å². The van der Waals surface area contributed by atoms with Crippen LogP contribution in [0, 0.1) is 0 Å². The predicted molar refractivity (Wildman–Crippen MR) is 82.4 cm³/mol. The summed E-state index contributed by atoms with van der Waals surface area (Å²) in [6, 6.07) is 11.2. The maximum atomic E-state index is 11.7. The van der Waals surface area contributed by atoms with Crippen molar-refractivity contribution >= 4 is 11.7 Å². The lowest BCUT2D eigenvalue weighted by atomic mass is 10.2. The van der Waals surface area contributed by atoms with Crippen molar-refractivity contribution in [2.75, 3.05) is 11.9 Å². The minimum Gasteiger partial charge on any atom is -0.464 e. The number of rotatable bonds is 7. The van der Waals surface area contributed by atoms with E-state index in [0.717, 1.165) is 30.0 Å². The maximum absolute atomic E-state index is 11.7. The summed E-state index contributed by atoms with van der Waals surface area (Å²) < 4.78 is 10.7. The Hall–Kier alpha value is -2.23. The van der Waals surface area contributed by atoms with Crippen LogP contribution in [-0.2, 0) is 17.7 Å². The van der Waals surface area contributed by atoms with Crippen molar-refractivity contribution in [2.24, 2.45) is 0 Å². The zero-order valence-corrected chi connectivity index (χ0v) is 12.5. The van der Waals surface area contributed by atoms with Gasteiger partial charge in [0.1, 0.15) is 11.5 Å². The van der Waals surface area contributed by atoms with Gasteiger partial charge in [-0.2, -0.15) is 0 Å². The molecule has 0 saturated heterocycles. The van der Waals surface area contributed by atoms with Crippen LogP contribution in [0.2, 0.25) is 0 Å². The molecule has 0 amide bonds. The van der Waals surface area contributed by atoms with E-state index >= 15 is 0 Å². The minimum atomic E-state index is -0.276. The number of anilines is 1. The van der Waals surface area contributed by atoms with E-state index in [1.54, 1.807) is 12.1 Å². The quantitative estimate of drug-likeness (QED) is 0.781. The van der Waals surface area contributed by atoms with Crippen LogP contribution < -0.4 is 5.32 Å².